The highest BCUT2D eigenvalue weighted by Crippen LogP contribution is 2.19. The molecule has 0 fully saturated rings. The minimum atomic E-state index is 0.0493. The molecule has 0 atom stereocenters. The second kappa shape index (κ2) is 5.57. The summed E-state index contributed by atoms with van der Waals surface area (Å²) in [5.41, 5.74) is 3.46. The highest BCUT2D eigenvalue weighted by Gasteiger charge is 2.15. The summed E-state index contributed by atoms with van der Waals surface area (Å²) in [6.45, 7) is 6.54. The molecule has 1 heterocycles. The number of halogens is 1. The van der Waals surface area contributed by atoms with Gasteiger partial charge in [-0.25, -0.2) is 0 Å². The molecule has 2 rings (SSSR count). The molecule has 0 saturated heterocycles. The number of benzene rings is 1. The molecule has 100 valence electrons. The normalized spacial score (nSPS) is 10.7. The molecule has 0 aliphatic rings. The molecule has 1 aromatic carbocycles. The van der Waals surface area contributed by atoms with Crippen LogP contribution >= 0.6 is 11.6 Å². The van der Waals surface area contributed by atoms with Crippen LogP contribution in [-0.2, 0) is 13.0 Å². The highest BCUT2D eigenvalue weighted by atomic mass is 35.5. The van der Waals surface area contributed by atoms with Gasteiger partial charge in [-0.05, 0) is 44.0 Å². The van der Waals surface area contributed by atoms with E-state index in [0.29, 0.717) is 23.7 Å². The third-order valence-electron chi connectivity index (χ3n) is 3.05. The van der Waals surface area contributed by atoms with E-state index in [1.807, 2.05) is 45.0 Å². The number of hydrogen-bond acceptors (Lipinski definition) is 2. The predicted octanol–water partition coefficient (Wildman–Crippen LogP) is 3.60. The SMILES string of the molecule is CCn1nc(C)cc1C(=O)Cc1ccc(C)cc1Cl. The summed E-state index contributed by atoms with van der Waals surface area (Å²) in [7, 11) is 0. The van der Waals surface area contributed by atoms with Crippen molar-refractivity contribution in [3.8, 4) is 0 Å². The predicted molar refractivity (Wildman–Crippen MR) is 76.9 cm³/mol. The number of aromatic nitrogens is 2. The lowest BCUT2D eigenvalue weighted by molar-refractivity contribution is 0.0983. The van der Waals surface area contributed by atoms with E-state index in [9.17, 15) is 4.79 Å². The summed E-state index contributed by atoms with van der Waals surface area (Å²) >= 11 is 6.17. The van der Waals surface area contributed by atoms with E-state index in [1.165, 1.54) is 0 Å². The number of aryl methyl sites for hydroxylation is 3. The smallest absolute Gasteiger partial charge is 0.185 e. The van der Waals surface area contributed by atoms with Gasteiger partial charge < -0.3 is 0 Å². The van der Waals surface area contributed by atoms with Gasteiger partial charge in [0, 0.05) is 18.0 Å². The van der Waals surface area contributed by atoms with Crippen LogP contribution in [0.5, 0.6) is 0 Å². The monoisotopic (exact) mass is 276 g/mol. The summed E-state index contributed by atoms with van der Waals surface area (Å²) in [6.07, 6.45) is 0.310. The van der Waals surface area contributed by atoms with Crippen molar-refractivity contribution in [2.75, 3.05) is 0 Å². The van der Waals surface area contributed by atoms with Crippen LogP contribution in [-0.4, -0.2) is 15.6 Å². The number of nitrogens with zero attached hydrogens (tertiary/aromatic N) is 2. The van der Waals surface area contributed by atoms with Gasteiger partial charge in [-0.2, -0.15) is 5.10 Å². The Morgan fingerprint density at radius 1 is 1.32 bits per heavy atom. The van der Waals surface area contributed by atoms with Crippen molar-refractivity contribution in [1.29, 1.82) is 0 Å². The molecule has 0 unspecified atom stereocenters. The third-order valence-corrected chi connectivity index (χ3v) is 3.40. The van der Waals surface area contributed by atoms with Gasteiger partial charge in [0.2, 0.25) is 0 Å². The molecule has 0 radical (unpaired) electrons. The van der Waals surface area contributed by atoms with E-state index in [1.54, 1.807) is 4.68 Å². The minimum absolute atomic E-state index is 0.0493. The van der Waals surface area contributed by atoms with Crippen LogP contribution < -0.4 is 0 Å². The van der Waals surface area contributed by atoms with Crippen LogP contribution in [0.2, 0.25) is 5.02 Å². The maximum Gasteiger partial charge on any atom is 0.185 e. The van der Waals surface area contributed by atoms with Crippen molar-refractivity contribution < 1.29 is 4.79 Å². The molecule has 1 aromatic heterocycles. The molecule has 0 aliphatic carbocycles. The number of carbonyl (C=O) groups excluding carboxylic acids is 1. The zero-order valence-corrected chi connectivity index (χ0v) is 12.2. The minimum Gasteiger partial charge on any atom is -0.292 e. The fourth-order valence-electron chi connectivity index (χ4n) is 2.07. The Hall–Kier alpha value is -1.61. The molecule has 0 saturated carbocycles. The molecule has 0 N–H and O–H groups in total. The second-order valence-electron chi connectivity index (χ2n) is 4.68. The molecule has 3 nitrogen and oxygen atoms in total. The Morgan fingerprint density at radius 2 is 2.05 bits per heavy atom. The fourth-order valence-corrected chi connectivity index (χ4v) is 2.37. The summed E-state index contributed by atoms with van der Waals surface area (Å²) in [6, 6.07) is 7.59. The van der Waals surface area contributed by atoms with E-state index < -0.39 is 0 Å². The molecule has 19 heavy (non-hydrogen) atoms. The van der Waals surface area contributed by atoms with Gasteiger partial charge in [-0.15, -0.1) is 0 Å². The molecule has 0 spiro atoms. The van der Waals surface area contributed by atoms with Crippen LogP contribution in [0.25, 0.3) is 0 Å². The van der Waals surface area contributed by atoms with Crippen molar-refractivity contribution in [2.45, 2.75) is 33.7 Å². The molecular formula is C15H17ClN2O. The van der Waals surface area contributed by atoms with Crippen molar-refractivity contribution in [1.82, 2.24) is 9.78 Å². The van der Waals surface area contributed by atoms with E-state index in [0.717, 1.165) is 16.8 Å². The van der Waals surface area contributed by atoms with E-state index in [-0.39, 0.29) is 5.78 Å². The number of carbonyl (C=O) groups is 1. The highest BCUT2D eigenvalue weighted by molar-refractivity contribution is 6.31. The number of Topliss-reactive ketones (excluding diaryl/α,β-unsaturated/α-hetero) is 1. The van der Waals surface area contributed by atoms with Crippen LogP contribution in [0.15, 0.2) is 24.3 Å². The molecule has 0 amide bonds. The van der Waals surface area contributed by atoms with Crippen molar-refractivity contribution >= 4 is 17.4 Å². The average Bonchev–Trinajstić information content (AvgIpc) is 2.74. The Bertz CT molecular complexity index is 617. The van der Waals surface area contributed by atoms with Crippen molar-refractivity contribution in [3.63, 3.8) is 0 Å². The van der Waals surface area contributed by atoms with Gasteiger partial charge in [0.15, 0.2) is 5.78 Å². The standard InChI is InChI=1S/C15H17ClN2O/c1-4-18-14(8-11(3)17-18)15(19)9-12-6-5-10(2)7-13(12)16/h5-8H,4,9H2,1-3H3. The summed E-state index contributed by atoms with van der Waals surface area (Å²) in [5, 5.41) is 4.94. The fraction of sp³-hybridized carbons (Fsp3) is 0.333. The number of hydrogen-bond donors (Lipinski definition) is 0. The van der Waals surface area contributed by atoms with Gasteiger partial charge in [0.05, 0.1) is 5.69 Å². The summed E-state index contributed by atoms with van der Waals surface area (Å²) in [5.74, 6) is 0.0493. The van der Waals surface area contributed by atoms with E-state index >= 15 is 0 Å². The third kappa shape index (κ3) is 3.04. The van der Waals surface area contributed by atoms with Gasteiger partial charge >= 0.3 is 0 Å². The summed E-state index contributed by atoms with van der Waals surface area (Å²) in [4.78, 5) is 12.3. The molecule has 2 aromatic rings. The van der Waals surface area contributed by atoms with Crippen molar-refractivity contribution in [3.05, 3.63) is 51.8 Å². The van der Waals surface area contributed by atoms with E-state index in [4.69, 9.17) is 11.6 Å². The Labute approximate surface area is 118 Å². The quantitative estimate of drug-likeness (QED) is 0.800. The second-order valence-corrected chi connectivity index (χ2v) is 5.09. The zero-order chi connectivity index (χ0) is 14.0. The van der Waals surface area contributed by atoms with Crippen LogP contribution in [0.4, 0.5) is 0 Å². The Balaban J connectivity index is 2.25. The van der Waals surface area contributed by atoms with Gasteiger partial charge in [-0.1, -0.05) is 23.7 Å². The van der Waals surface area contributed by atoms with Crippen LogP contribution in [0.1, 0.15) is 34.2 Å². The number of ketones is 1. The van der Waals surface area contributed by atoms with Gasteiger partial charge in [-0.3, -0.25) is 9.48 Å². The molecule has 4 heteroatoms. The average molecular weight is 277 g/mol. The largest absolute Gasteiger partial charge is 0.292 e. The first-order valence-corrected chi connectivity index (χ1v) is 6.71. The Kier molecular flexibility index (Phi) is 4.05. The first kappa shape index (κ1) is 13.8. The lowest BCUT2D eigenvalue weighted by atomic mass is 10.1. The molecule has 0 bridgehead atoms. The van der Waals surface area contributed by atoms with E-state index in [2.05, 4.69) is 5.10 Å². The van der Waals surface area contributed by atoms with Crippen molar-refractivity contribution in [2.24, 2.45) is 0 Å². The molecule has 0 aliphatic heterocycles. The topological polar surface area (TPSA) is 34.9 Å². The first-order valence-electron chi connectivity index (χ1n) is 6.34. The van der Waals surface area contributed by atoms with Crippen LogP contribution in [0, 0.1) is 13.8 Å². The zero-order valence-electron chi connectivity index (χ0n) is 11.4. The Morgan fingerprint density at radius 3 is 2.68 bits per heavy atom. The summed E-state index contributed by atoms with van der Waals surface area (Å²) < 4.78 is 1.74. The van der Waals surface area contributed by atoms with Gasteiger partial charge in [0.1, 0.15) is 5.69 Å². The maximum atomic E-state index is 12.3. The molecular weight excluding hydrogens is 260 g/mol. The maximum absolute atomic E-state index is 12.3. The lowest BCUT2D eigenvalue weighted by Crippen LogP contribution is -2.12. The first-order chi connectivity index (χ1) is 9.01. The number of rotatable bonds is 4. The van der Waals surface area contributed by atoms with Crippen LogP contribution in [0.3, 0.4) is 0 Å². The lowest BCUT2D eigenvalue weighted by Gasteiger charge is -2.06. The van der Waals surface area contributed by atoms with Gasteiger partial charge in [0.25, 0.3) is 0 Å².